The van der Waals surface area contributed by atoms with Crippen LogP contribution in [0.3, 0.4) is 0 Å². The summed E-state index contributed by atoms with van der Waals surface area (Å²) in [7, 11) is 0. The first kappa shape index (κ1) is 23.3. The lowest BCUT2D eigenvalue weighted by molar-refractivity contribution is 0.0919. The highest BCUT2D eigenvalue weighted by molar-refractivity contribution is 5.95. The van der Waals surface area contributed by atoms with Crippen molar-refractivity contribution in [3.8, 4) is 11.5 Å². The average molecular weight is 460 g/mol. The van der Waals surface area contributed by atoms with Gasteiger partial charge in [-0.1, -0.05) is 6.07 Å². The van der Waals surface area contributed by atoms with Gasteiger partial charge in [0.25, 0.3) is 5.91 Å². The van der Waals surface area contributed by atoms with E-state index in [1.165, 1.54) is 6.33 Å². The van der Waals surface area contributed by atoms with Gasteiger partial charge in [0.1, 0.15) is 23.3 Å². The number of hydrogen-bond donors (Lipinski definition) is 3. The summed E-state index contributed by atoms with van der Waals surface area (Å²) >= 11 is 0. The standard InChI is InChI=1S/C26H29N5O3/c1-17-14-19(29-24-23-21(27-16-28-24)10-11-31(23)12-13-32)8-9-22(17)34-20-7-5-6-18(15-20)25(33)30-26(2,3)4/h5-11,14-16,32H,12-13H2,1-4H3,(H,30,33)(H,27,28,29). The summed E-state index contributed by atoms with van der Waals surface area (Å²) in [5.74, 6) is 1.80. The van der Waals surface area contributed by atoms with Crippen molar-refractivity contribution in [1.82, 2.24) is 19.9 Å². The average Bonchev–Trinajstić information content (AvgIpc) is 3.19. The number of ether oxygens (including phenoxy) is 1. The predicted molar refractivity (Wildman–Crippen MR) is 133 cm³/mol. The van der Waals surface area contributed by atoms with E-state index in [0.717, 1.165) is 22.3 Å². The smallest absolute Gasteiger partial charge is 0.251 e. The zero-order valence-corrected chi connectivity index (χ0v) is 19.8. The summed E-state index contributed by atoms with van der Waals surface area (Å²) in [5.41, 5.74) is 3.63. The molecule has 4 rings (SSSR count). The first-order valence-electron chi connectivity index (χ1n) is 11.1. The number of anilines is 2. The van der Waals surface area contributed by atoms with Crippen LogP contribution in [0.25, 0.3) is 11.0 Å². The maximum absolute atomic E-state index is 12.5. The fourth-order valence-corrected chi connectivity index (χ4v) is 3.64. The van der Waals surface area contributed by atoms with E-state index in [-0.39, 0.29) is 18.1 Å². The lowest BCUT2D eigenvalue weighted by atomic mass is 10.1. The van der Waals surface area contributed by atoms with Gasteiger partial charge in [-0.25, -0.2) is 9.97 Å². The van der Waals surface area contributed by atoms with E-state index in [0.29, 0.717) is 29.4 Å². The minimum Gasteiger partial charge on any atom is -0.457 e. The van der Waals surface area contributed by atoms with Crippen molar-refractivity contribution in [3.05, 3.63) is 72.2 Å². The van der Waals surface area contributed by atoms with E-state index in [1.54, 1.807) is 18.2 Å². The molecule has 0 bridgehead atoms. The number of nitrogens with zero attached hydrogens (tertiary/aromatic N) is 3. The van der Waals surface area contributed by atoms with Crippen LogP contribution in [0.15, 0.2) is 61.1 Å². The van der Waals surface area contributed by atoms with E-state index in [9.17, 15) is 9.90 Å². The monoisotopic (exact) mass is 459 g/mol. The lowest BCUT2D eigenvalue weighted by Crippen LogP contribution is -2.40. The van der Waals surface area contributed by atoms with Crippen molar-refractivity contribution in [3.63, 3.8) is 0 Å². The summed E-state index contributed by atoms with van der Waals surface area (Å²) < 4.78 is 8.00. The van der Waals surface area contributed by atoms with Gasteiger partial charge in [-0.05, 0) is 75.7 Å². The fourth-order valence-electron chi connectivity index (χ4n) is 3.64. The van der Waals surface area contributed by atoms with Gasteiger partial charge in [-0.2, -0.15) is 0 Å². The Bertz CT molecular complexity index is 1320. The number of aliphatic hydroxyl groups excluding tert-OH is 1. The third-order valence-electron chi connectivity index (χ3n) is 5.14. The fraction of sp³-hybridized carbons (Fsp3) is 0.269. The van der Waals surface area contributed by atoms with E-state index < -0.39 is 0 Å². The highest BCUT2D eigenvalue weighted by Crippen LogP contribution is 2.30. The summed E-state index contributed by atoms with van der Waals surface area (Å²) in [6, 6.07) is 14.8. The molecular formula is C26H29N5O3. The minimum atomic E-state index is -0.317. The van der Waals surface area contributed by atoms with Gasteiger partial charge in [0.05, 0.1) is 12.1 Å². The molecule has 8 heteroatoms. The Kier molecular flexibility index (Phi) is 6.51. The number of benzene rings is 2. The van der Waals surface area contributed by atoms with Gasteiger partial charge >= 0.3 is 0 Å². The SMILES string of the molecule is Cc1cc(Nc2ncnc3ccn(CCO)c23)ccc1Oc1cccc(C(=O)NC(C)(C)C)c1. The van der Waals surface area contributed by atoms with Crippen LogP contribution in [0.1, 0.15) is 36.7 Å². The van der Waals surface area contributed by atoms with Crippen LogP contribution in [-0.4, -0.2) is 37.7 Å². The maximum atomic E-state index is 12.5. The molecule has 0 aliphatic rings. The van der Waals surface area contributed by atoms with E-state index in [4.69, 9.17) is 4.74 Å². The second-order valence-electron chi connectivity index (χ2n) is 9.13. The number of aryl methyl sites for hydroxylation is 1. The van der Waals surface area contributed by atoms with Crippen molar-refractivity contribution in [2.24, 2.45) is 0 Å². The number of fused-ring (bicyclic) bond motifs is 1. The zero-order valence-electron chi connectivity index (χ0n) is 19.8. The summed E-state index contributed by atoms with van der Waals surface area (Å²) in [5, 5.41) is 15.7. The molecule has 3 N–H and O–H groups in total. The molecule has 8 nitrogen and oxygen atoms in total. The molecule has 0 fully saturated rings. The number of rotatable bonds is 7. The predicted octanol–water partition coefficient (Wildman–Crippen LogP) is 4.80. The Hall–Kier alpha value is -3.91. The molecule has 34 heavy (non-hydrogen) atoms. The molecule has 1 amide bonds. The lowest BCUT2D eigenvalue weighted by Gasteiger charge is -2.20. The number of aliphatic hydroxyl groups is 1. The molecule has 0 unspecified atom stereocenters. The van der Waals surface area contributed by atoms with Crippen LogP contribution in [-0.2, 0) is 6.54 Å². The van der Waals surface area contributed by atoms with E-state index in [2.05, 4.69) is 20.6 Å². The topological polar surface area (TPSA) is 101 Å². The number of nitrogens with one attached hydrogen (secondary N) is 2. The zero-order chi connectivity index (χ0) is 24.3. The van der Waals surface area contributed by atoms with Gasteiger partial charge < -0.3 is 25.0 Å². The third-order valence-corrected chi connectivity index (χ3v) is 5.14. The van der Waals surface area contributed by atoms with Crippen LogP contribution < -0.4 is 15.4 Å². The van der Waals surface area contributed by atoms with Crippen molar-refractivity contribution in [2.75, 3.05) is 11.9 Å². The number of hydrogen-bond acceptors (Lipinski definition) is 6. The molecule has 176 valence electrons. The maximum Gasteiger partial charge on any atom is 0.251 e. The van der Waals surface area contributed by atoms with E-state index >= 15 is 0 Å². The van der Waals surface area contributed by atoms with Crippen molar-refractivity contribution in [2.45, 2.75) is 39.8 Å². The molecule has 0 spiro atoms. The van der Waals surface area contributed by atoms with Crippen LogP contribution >= 0.6 is 0 Å². The van der Waals surface area contributed by atoms with Crippen LogP contribution in [0, 0.1) is 6.92 Å². The molecule has 0 aliphatic carbocycles. The Balaban J connectivity index is 1.53. The first-order chi connectivity index (χ1) is 16.2. The van der Waals surface area contributed by atoms with Gasteiger partial charge in [0.2, 0.25) is 0 Å². The van der Waals surface area contributed by atoms with Crippen molar-refractivity contribution < 1.29 is 14.6 Å². The molecule has 0 radical (unpaired) electrons. The Morgan fingerprint density at radius 3 is 2.68 bits per heavy atom. The van der Waals surface area contributed by atoms with E-state index in [1.807, 2.05) is 68.8 Å². The largest absolute Gasteiger partial charge is 0.457 e. The highest BCUT2D eigenvalue weighted by Gasteiger charge is 2.16. The number of aromatic nitrogens is 3. The highest BCUT2D eigenvalue weighted by atomic mass is 16.5. The molecule has 2 aromatic heterocycles. The second-order valence-corrected chi connectivity index (χ2v) is 9.13. The Morgan fingerprint density at radius 2 is 1.94 bits per heavy atom. The van der Waals surface area contributed by atoms with Crippen LogP contribution in [0.2, 0.25) is 0 Å². The number of carbonyl (C=O) groups is 1. The molecule has 4 aromatic rings. The summed E-state index contributed by atoms with van der Waals surface area (Å²) in [6.45, 7) is 8.29. The van der Waals surface area contributed by atoms with Crippen LogP contribution in [0.5, 0.6) is 11.5 Å². The van der Waals surface area contributed by atoms with Gasteiger partial charge in [0, 0.05) is 29.5 Å². The molecule has 2 heterocycles. The quantitative estimate of drug-likeness (QED) is 0.367. The van der Waals surface area contributed by atoms with Crippen LogP contribution in [0.4, 0.5) is 11.5 Å². The number of carbonyl (C=O) groups excluding carboxylic acids is 1. The molecule has 0 aliphatic heterocycles. The third kappa shape index (κ3) is 5.35. The van der Waals surface area contributed by atoms with Crippen molar-refractivity contribution >= 4 is 28.4 Å². The summed E-state index contributed by atoms with van der Waals surface area (Å²) in [6.07, 6.45) is 3.40. The molecule has 2 aromatic carbocycles. The molecule has 0 saturated carbocycles. The normalized spacial score (nSPS) is 11.4. The Morgan fingerprint density at radius 1 is 1.12 bits per heavy atom. The Labute approximate surface area is 198 Å². The van der Waals surface area contributed by atoms with Gasteiger partial charge in [0.15, 0.2) is 5.82 Å². The first-order valence-corrected chi connectivity index (χ1v) is 11.1. The van der Waals surface area contributed by atoms with Gasteiger partial charge in [-0.15, -0.1) is 0 Å². The molecule has 0 saturated heterocycles. The second kappa shape index (κ2) is 9.52. The minimum absolute atomic E-state index is 0.0301. The number of amides is 1. The summed E-state index contributed by atoms with van der Waals surface area (Å²) in [4.78, 5) is 21.2. The van der Waals surface area contributed by atoms with Gasteiger partial charge in [-0.3, -0.25) is 4.79 Å². The molecule has 0 atom stereocenters. The van der Waals surface area contributed by atoms with Crippen molar-refractivity contribution in [1.29, 1.82) is 0 Å². The molecular weight excluding hydrogens is 430 g/mol.